The number of nitrogens with one attached hydrogen (secondary N) is 1. The maximum absolute atomic E-state index is 13.1. The Hall–Kier alpha value is -2.90. The van der Waals surface area contributed by atoms with Crippen molar-refractivity contribution in [2.75, 3.05) is 13.1 Å². The highest BCUT2D eigenvalue weighted by molar-refractivity contribution is 5.95. The zero-order valence-corrected chi connectivity index (χ0v) is 14.9. The van der Waals surface area contributed by atoms with Gasteiger partial charge in [-0.15, -0.1) is 0 Å². The molecule has 0 spiro atoms. The minimum atomic E-state index is -1.05. The fraction of sp³-hybridized carbons (Fsp3) is 0.389. The number of likely N-dealkylation sites (tertiary alicyclic amines) is 1. The number of halogens is 1. The van der Waals surface area contributed by atoms with Gasteiger partial charge in [-0.2, -0.15) is 0 Å². The molecule has 26 heavy (non-hydrogen) atoms. The van der Waals surface area contributed by atoms with Crippen LogP contribution in [0, 0.1) is 0 Å². The molecule has 0 aliphatic carbocycles. The largest absolute Gasteiger partial charge is 0.402 e. The van der Waals surface area contributed by atoms with Gasteiger partial charge in [0, 0.05) is 25.3 Å². The maximum Gasteiger partial charge on any atom is 0.282 e. The summed E-state index contributed by atoms with van der Waals surface area (Å²) in [5, 5.41) is 2.79. The standard InChI is InChI=1S/C18H24FN5O2/c1-4-14-16(10-12(2)20)23(11-22-14)9-7-21-17(25)15-6-5-8-24(15)18(26)13(3)19/h4,10-11,15H,1,3,5-9,20H2,2H3,(H,21,25)/b12-10+. The molecule has 0 radical (unpaired) electrons. The molecule has 1 unspecified atom stereocenters. The van der Waals surface area contributed by atoms with Gasteiger partial charge in [0.25, 0.3) is 5.91 Å². The molecule has 140 valence electrons. The summed E-state index contributed by atoms with van der Waals surface area (Å²) in [6.45, 7) is 9.68. The summed E-state index contributed by atoms with van der Waals surface area (Å²) < 4.78 is 14.9. The molecule has 1 aromatic rings. The van der Waals surface area contributed by atoms with Gasteiger partial charge in [-0.3, -0.25) is 9.59 Å². The third-order valence-electron chi connectivity index (χ3n) is 4.17. The monoisotopic (exact) mass is 361 g/mol. The molecule has 0 aromatic carbocycles. The van der Waals surface area contributed by atoms with E-state index in [-0.39, 0.29) is 5.91 Å². The van der Waals surface area contributed by atoms with Gasteiger partial charge in [0.1, 0.15) is 6.04 Å². The number of nitrogens with zero attached hydrogens (tertiary/aromatic N) is 3. The lowest BCUT2D eigenvalue weighted by molar-refractivity contribution is -0.136. The van der Waals surface area contributed by atoms with Crippen LogP contribution in [0.3, 0.4) is 0 Å². The number of imidazole rings is 1. The Labute approximate surface area is 152 Å². The van der Waals surface area contributed by atoms with Gasteiger partial charge in [-0.05, 0) is 31.9 Å². The number of rotatable bonds is 7. The van der Waals surface area contributed by atoms with Crippen LogP contribution in [0.5, 0.6) is 0 Å². The predicted octanol–water partition coefficient (Wildman–Crippen LogP) is 1.44. The Morgan fingerprint density at radius 2 is 2.27 bits per heavy atom. The second-order valence-corrected chi connectivity index (χ2v) is 6.15. The second kappa shape index (κ2) is 8.46. The topological polar surface area (TPSA) is 93.2 Å². The number of aromatic nitrogens is 2. The first-order chi connectivity index (χ1) is 12.3. The van der Waals surface area contributed by atoms with Gasteiger partial charge in [0.15, 0.2) is 5.83 Å². The van der Waals surface area contributed by atoms with E-state index in [1.54, 1.807) is 25.4 Å². The fourth-order valence-electron chi connectivity index (χ4n) is 2.97. The molecule has 1 atom stereocenters. The molecule has 2 rings (SSSR count). The van der Waals surface area contributed by atoms with Gasteiger partial charge in [-0.1, -0.05) is 13.2 Å². The van der Waals surface area contributed by atoms with Gasteiger partial charge in [-0.25, -0.2) is 9.37 Å². The van der Waals surface area contributed by atoms with Crippen LogP contribution in [0.25, 0.3) is 12.2 Å². The quantitative estimate of drug-likeness (QED) is 0.719. The highest BCUT2D eigenvalue weighted by Gasteiger charge is 2.34. The summed E-state index contributed by atoms with van der Waals surface area (Å²) in [5.41, 5.74) is 7.88. The summed E-state index contributed by atoms with van der Waals surface area (Å²) in [6, 6.07) is -0.660. The molecule has 7 nitrogen and oxygen atoms in total. The van der Waals surface area contributed by atoms with Gasteiger partial charge in [0.2, 0.25) is 5.91 Å². The van der Waals surface area contributed by atoms with E-state index >= 15 is 0 Å². The molecule has 2 heterocycles. The highest BCUT2D eigenvalue weighted by Crippen LogP contribution is 2.20. The number of carbonyl (C=O) groups is 2. The SMILES string of the molecule is C=Cc1ncn(CCNC(=O)C2CCCN2C(=O)C(=C)F)c1/C=C(\C)N. The molecule has 0 bridgehead atoms. The minimum Gasteiger partial charge on any atom is -0.402 e. The van der Waals surface area contributed by atoms with Crippen molar-refractivity contribution in [2.24, 2.45) is 5.73 Å². The fourth-order valence-corrected chi connectivity index (χ4v) is 2.97. The van der Waals surface area contributed by atoms with Crippen molar-refractivity contribution >= 4 is 24.0 Å². The molecule has 1 fully saturated rings. The van der Waals surface area contributed by atoms with Crippen molar-refractivity contribution in [3.05, 3.63) is 42.4 Å². The number of hydrogen-bond acceptors (Lipinski definition) is 4. The number of carbonyl (C=O) groups excluding carboxylic acids is 2. The van der Waals surface area contributed by atoms with Crippen molar-refractivity contribution in [1.29, 1.82) is 0 Å². The van der Waals surface area contributed by atoms with Crippen LogP contribution in [0.15, 0.2) is 31.0 Å². The van der Waals surface area contributed by atoms with Crippen molar-refractivity contribution in [3.63, 3.8) is 0 Å². The molecule has 1 aromatic heterocycles. The Balaban J connectivity index is 1.98. The molecular formula is C18H24FN5O2. The van der Waals surface area contributed by atoms with E-state index in [0.717, 1.165) is 5.69 Å². The Morgan fingerprint density at radius 1 is 1.54 bits per heavy atom. The van der Waals surface area contributed by atoms with E-state index in [1.807, 2.05) is 4.57 Å². The molecule has 3 N–H and O–H groups in total. The first kappa shape index (κ1) is 19.4. The Morgan fingerprint density at radius 3 is 2.88 bits per heavy atom. The van der Waals surface area contributed by atoms with Crippen LogP contribution < -0.4 is 11.1 Å². The van der Waals surface area contributed by atoms with Crippen LogP contribution >= 0.6 is 0 Å². The average Bonchev–Trinajstić information content (AvgIpc) is 3.21. The molecule has 1 aliphatic heterocycles. The van der Waals surface area contributed by atoms with Crippen molar-refractivity contribution < 1.29 is 14.0 Å². The predicted molar refractivity (Wildman–Crippen MR) is 98.1 cm³/mol. The maximum atomic E-state index is 13.1. The summed E-state index contributed by atoms with van der Waals surface area (Å²) in [7, 11) is 0. The van der Waals surface area contributed by atoms with Crippen molar-refractivity contribution in [2.45, 2.75) is 32.4 Å². The Bertz CT molecular complexity index is 749. The van der Waals surface area contributed by atoms with Crippen LogP contribution in [0.4, 0.5) is 4.39 Å². The Kier molecular flexibility index (Phi) is 6.32. The van der Waals surface area contributed by atoms with Crippen molar-refractivity contribution in [1.82, 2.24) is 19.8 Å². The smallest absolute Gasteiger partial charge is 0.282 e. The van der Waals surface area contributed by atoms with Gasteiger partial charge < -0.3 is 20.5 Å². The first-order valence-electron chi connectivity index (χ1n) is 8.39. The normalized spacial score (nSPS) is 17.2. The first-order valence-corrected chi connectivity index (χ1v) is 8.39. The molecule has 0 saturated carbocycles. The van der Waals surface area contributed by atoms with E-state index in [0.29, 0.717) is 43.9 Å². The number of hydrogen-bond donors (Lipinski definition) is 2. The molecular weight excluding hydrogens is 337 g/mol. The second-order valence-electron chi connectivity index (χ2n) is 6.15. The third-order valence-corrected chi connectivity index (χ3v) is 4.17. The average molecular weight is 361 g/mol. The summed E-state index contributed by atoms with van der Waals surface area (Å²) in [5.74, 6) is -2.17. The summed E-state index contributed by atoms with van der Waals surface area (Å²) >= 11 is 0. The van der Waals surface area contributed by atoms with Crippen LogP contribution in [0.2, 0.25) is 0 Å². The van der Waals surface area contributed by atoms with E-state index in [1.165, 1.54) is 4.90 Å². The van der Waals surface area contributed by atoms with E-state index in [4.69, 9.17) is 5.73 Å². The van der Waals surface area contributed by atoms with Crippen LogP contribution in [-0.2, 0) is 16.1 Å². The number of allylic oxidation sites excluding steroid dienone is 1. The van der Waals surface area contributed by atoms with Gasteiger partial charge >= 0.3 is 0 Å². The van der Waals surface area contributed by atoms with Crippen LogP contribution in [0.1, 0.15) is 31.2 Å². The van der Waals surface area contributed by atoms with E-state index < -0.39 is 17.8 Å². The minimum absolute atomic E-state index is 0.298. The zero-order chi connectivity index (χ0) is 19.3. The molecule has 1 saturated heterocycles. The van der Waals surface area contributed by atoms with E-state index in [9.17, 15) is 14.0 Å². The van der Waals surface area contributed by atoms with Gasteiger partial charge in [0.05, 0.1) is 17.7 Å². The molecule has 1 aliphatic rings. The molecule has 2 amide bonds. The lowest BCUT2D eigenvalue weighted by Gasteiger charge is -2.23. The summed E-state index contributed by atoms with van der Waals surface area (Å²) in [6.07, 6.45) is 6.24. The molecule has 8 heteroatoms. The lowest BCUT2D eigenvalue weighted by atomic mass is 10.2. The number of nitrogens with two attached hydrogens (primary N) is 1. The lowest BCUT2D eigenvalue weighted by Crippen LogP contribution is -2.46. The highest BCUT2D eigenvalue weighted by atomic mass is 19.1. The van der Waals surface area contributed by atoms with Crippen LogP contribution in [-0.4, -0.2) is 45.4 Å². The van der Waals surface area contributed by atoms with E-state index in [2.05, 4.69) is 23.5 Å². The third kappa shape index (κ3) is 4.38. The summed E-state index contributed by atoms with van der Waals surface area (Å²) in [4.78, 5) is 29.6. The number of amides is 2. The zero-order valence-electron chi connectivity index (χ0n) is 14.9. The van der Waals surface area contributed by atoms with Crippen molar-refractivity contribution in [3.8, 4) is 0 Å².